The van der Waals surface area contributed by atoms with Gasteiger partial charge in [0, 0.05) is 52.0 Å². The average molecular weight is 449 g/mol. The maximum atomic E-state index is 13.0. The number of hydrogen-bond donors (Lipinski definition) is 1. The van der Waals surface area contributed by atoms with E-state index in [0.29, 0.717) is 0 Å². The molecule has 2 rings (SSSR count). The largest absolute Gasteiger partial charge is 0.368 e. The van der Waals surface area contributed by atoms with Gasteiger partial charge in [-0.15, -0.1) is 24.0 Å². The van der Waals surface area contributed by atoms with Crippen LogP contribution >= 0.6 is 24.0 Å². The summed E-state index contributed by atoms with van der Waals surface area (Å²) in [5.41, 5.74) is 1.08. The first-order chi connectivity index (χ1) is 11.1. The summed E-state index contributed by atoms with van der Waals surface area (Å²) in [5, 5.41) is 3.43. The van der Waals surface area contributed by atoms with Gasteiger partial charge in [-0.25, -0.2) is 4.39 Å². The van der Waals surface area contributed by atoms with Gasteiger partial charge < -0.3 is 20.0 Å². The molecule has 7 heteroatoms. The van der Waals surface area contributed by atoms with E-state index in [2.05, 4.69) is 39.0 Å². The van der Waals surface area contributed by atoms with E-state index in [1.807, 2.05) is 19.2 Å². The molecule has 1 aliphatic rings. The lowest BCUT2D eigenvalue weighted by molar-refractivity contribution is 0.344. The van der Waals surface area contributed by atoms with Gasteiger partial charge in [0.2, 0.25) is 0 Å². The van der Waals surface area contributed by atoms with Crippen LogP contribution in [0.4, 0.5) is 10.1 Å². The predicted octanol–water partition coefficient (Wildman–Crippen LogP) is 2.09. The zero-order valence-electron chi connectivity index (χ0n) is 14.8. The van der Waals surface area contributed by atoms with E-state index in [9.17, 15) is 4.39 Å². The van der Waals surface area contributed by atoms with Crippen molar-refractivity contribution in [3.05, 3.63) is 30.1 Å². The summed E-state index contributed by atoms with van der Waals surface area (Å²) in [4.78, 5) is 11.2. The number of hydrogen-bond acceptors (Lipinski definition) is 3. The van der Waals surface area contributed by atoms with Gasteiger partial charge >= 0.3 is 0 Å². The number of likely N-dealkylation sites (N-methyl/N-ethyl adjacent to an activating group) is 1. The summed E-state index contributed by atoms with van der Waals surface area (Å²) in [6.45, 7) is 8.78. The Labute approximate surface area is 161 Å². The van der Waals surface area contributed by atoms with E-state index in [1.54, 1.807) is 0 Å². The molecule has 0 atom stereocenters. The predicted molar refractivity (Wildman–Crippen MR) is 110 cm³/mol. The van der Waals surface area contributed by atoms with Crippen LogP contribution in [0, 0.1) is 5.82 Å². The molecule has 1 fully saturated rings. The third-order valence-electron chi connectivity index (χ3n) is 4.30. The molecule has 5 nitrogen and oxygen atoms in total. The van der Waals surface area contributed by atoms with Crippen LogP contribution in [-0.4, -0.2) is 75.7 Å². The van der Waals surface area contributed by atoms with Gasteiger partial charge in [0.1, 0.15) is 5.82 Å². The number of aliphatic imine (C=N–C) groups is 1. The van der Waals surface area contributed by atoms with Gasteiger partial charge in [0.05, 0.1) is 0 Å². The van der Waals surface area contributed by atoms with Crippen molar-refractivity contribution in [2.24, 2.45) is 4.99 Å². The monoisotopic (exact) mass is 449 g/mol. The highest BCUT2D eigenvalue weighted by atomic mass is 127. The van der Waals surface area contributed by atoms with E-state index >= 15 is 0 Å². The van der Waals surface area contributed by atoms with Crippen molar-refractivity contribution in [1.29, 1.82) is 0 Å². The first-order valence-electron chi connectivity index (χ1n) is 8.28. The molecule has 1 aromatic carbocycles. The third-order valence-corrected chi connectivity index (χ3v) is 4.30. The van der Waals surface area contributed by atoms with E-state index in [-0.39, 0.29) is 29.8 Å². The van der Waals surface area contributed by atoms with Crippen LogP contribution < -0.4 is 10.2 Å². The van der Waals surface area contributed by atoms with Crippen LogP contribution in [0.1, 0.15) is 6.92 Å². The number of halogens is 2. The number of piperazine rings is 1. The molecule has 0 spiro atoms. The van der Waals surface area contributed by atoms with Crippen LogP contribution in [0.3, 0.4) is 0 Å². The average Bonchev–Trinajstić information content (AvgIpc) is 2.59. The Balaban J connectivity index is 0.00000288. The zero-order valence-corrected chi connectivity index (χ0v) is 17.2. The Morgan fingerprint density at radius 1 is 1.21 bits per heavy atom. The quantitative estimate of drug-likeness (QED) is 0.424. The minimum Gasteiger partial charge on any atom is -0.368 e. The van der Waals surface area contributed by atoms with Gasteiger partial charge in [0.15, 0.2) is 5.96 Å². The highest BCUT2D eigenvalue weighted by Gasteiger charge is 2.19. The van der Waals surface area contributed by atoms with Crippen molar-refractivity contribution in [3.63, 3.8) is 0 Å². The maximum absolute atomic E-state index is 13.0. The molecule has 0 unspecified atom stereocenters. The number of nitrogens with zero attached hydrogens (tertiary/aromatic N) is 4. The van der Waals surface area contributed by atoms with Crippen LogP contribution in [-0.2, 0) is 0 Å². The van der Waals surface area contributed by atoms with Gasteiger partial charge in [-0.1, -0.05) is 6.92 Å². The zero-order chi connectivity index (χ0) is 16.7. The van der Waals surface area contributed by atoms with Crippen molar-refractivity contribution in [3.8, 4) is 0 Å². The van der Waals surface area contributed by atoms with E-state index < -0.39 is 0 Å². The van der Waals surface area contributed by atoms with Crippen LogP contribution in [0.5, 0.6) is 0 Å². The second-order valence-electron chi connectivity index (χ2n) is 5.82. The highest BCUT2D eigenvalue weighted by molar-refractivity contribution is 14.0. The summed E-state index contributed by atoms with van der Waals surface area (Å²) >= 11 is 0. The van der Waals surface area contributed by atoms with Gasteiger partial charge in [-0.05, 0) is 37.9 Å². The molecule has 0 amide bonds. The molecular weight excluding hydrogens is 420 g/mol. The smallest absolute Gasteiger partial charge is 0.193 e. The van der Waals surface area contributed by atoms with E-state index in [1.165, 1.54) is 12.1 Å². The minimum absolute atomic E-state index is 0. The van der Waals surface area contributed by atoms with Crippen molar-refractivity contribution >= 4 is 35.6 Å². The Kier molecular flexibility index (Phi) is 9.35. The van der Waals surface area contributed by atoms with Crippen molar-refractivity contribution in [2.45, 2.75) is 6.92 Å². The fourth-order valence-electron chi connectivity index (χ4n) is 2.68. The Morgan fingerprint density at radius 3 is 2.38 bits per heavy atom. The Bertz CT molecular complexity index is 500. The van der Waals surface area contributed by atoms with E-state index in [0.717, 1.165) is 57.5 Å². The third kappa shape index (κ3) is 6.08. The van der Waals surface area contributed by atoms with Crippen molar-refractivity contribution in [2.75, 3.05) is 64.8 Å². The van der Waals surface area contributed by atoms with Crippen LogP contribution in [0.15, 0.2) is 29.3 Å². The van der Waals surface area contributed by atoms with Crippen LogP contribution in [0.25, 0.3) is 0 Å². The summed E-state index contributed by atoms with van der Waals surface area (Å²) in [5.74, 6) is 0.780. The van der Waals surface area contributed by atoms with E-state index in [4.69, 9.17) is 0 Å². The lowest BCUT2D eigenvalue weighted by atomic mass is 10.2. The fourth-order valence-corrected chi connectivity index (χ4v) is 2.68. The standard InChI is InChI=1S/C17H28FN5.HI/c1-4-21(3)10-9-20-17(19-2)23-13-11-22(12-14-23)16-7-5-15(18)6-8-16;/h5-8H,4,9-14H2,1-3H3,(H,19,20);1H. The molecular formula is C17H29FIN5. The van der Waals surface area contributed by atoms with Crippen molar-refractivity contribution in [1.82, 2.24) is 15.1 Å². The molecule has 0 bridgehead atoms. The van der Waals surface area contributed by atoms with Crippen molar-refractivity contribution < 1.29 is 4.39 Å². The summed E-state index contributed by atoms with van der Waals surface area (Å²) in [7, 11) is 3.95. The molecule has 136 valence electrons. The summed E-state index contributed by atoms with van der Waals surface area (Å²) in [6, 6.07) is 6.73. The van der Waals surface area contributed by atoms with Gasteiger partial charge in [-0.2, -0.15) is 0 Å². The molecule has 0 aliphatic carbocycles. The molecule has 0 radical (unpaired) electrons. The lowest BCUT2D eigenvalue weighted by Crippen LogP contribution is -2.53. The molecule has 1 heterocycles. The Morgan fingerprint density at radius 2 is 1.83 bits per heavy atom. The fraction of sp³-hybridized carbons (Fsp3) is 0.588. The second kappa shape index (κ2) is 10.7. The van der Waals surface area contributed by atoms with Crippen LogP contribution in [0.2, 0.25) is 0 Å². The Hall–Kier alpha value is -1.09. The van der Waals surface area contributed by atoms with Gasteiger partial charge in [0.25, 0.3) is 0 Å². The summed E-state index contributed by atoms with van der Waals surface area (Å²) < 4.78 is 13.0. The topological polar surface area (TPSA) is 34.1 Å². The number of guanidine groups is 1. The number of anilines is 1. The number of benzene rings is 1. The molecule has 1 aliphatic heterocycles. The first-order valence-corrected chi connectivity index (χ1v) is 8.28. The molecule has 24 heavy (non-hydrogen) atoms. The second-order valence-corrected chi connectivity index (χ2v) is 5.82. The molecule has 1 aromatic rings. The number of nitrogens with one attached hydrogen (secondary N) is 1. The number of rotatable bonds is 5. The SMILES string of the molecule is CCN(C)CCNC(=NC)N1CCN(c2ccc(F)cc2)CC1.I. The normalized spacial score (nSPS) is 15.5. The molecule has 1 N–H and O–H groups in total. The summed E-state index contributed by atoms with van der Waals surface area (Å²) in [6.07, 6.45) is 0. The lowest BCUT2D eigenvalue weighted by Gasteiger charge is -2.37. The first kappa shape index (κ1) is 21.0. The molecule has 0 saturated carbocycles. The molecule has 0 aromatic heterocycles. The maximum Gasteiger partial charge on any atom is 0.193 e. The minimum atomic E-state index is -0.186. The van der Waals surface area contributed by atoms with Gasteiger partial charge in [-0.3, -0.25) is 4.99 Å². The highest BCUT2D eigenvalue weighted by Crippen LogP contribution is 2.16. The molecule has 1 saturated heterocycles.